The second-order valence-corrected chi connectivity index (χ2v) is 7.71. The molecule has 0 radical (unpaired) electrons. The molecule has 2 aromatic rings. The summed E-state index contributed by atoms with van der Waals surface area (Å²) in [5.74, 6) is -0.141. The van der Waals surface area contributed by atoms with Gasteiger partial charge >= 0.3 is 0 Å². The number of nitrogens with one attached hydrogen (secondary N) is 2. The Morgan fingerprint density at radius 3 is 2.84 bits per heavy atom. The fourth-order valence-electron chi connectivity index (χ4n) is 3.38. The third-order valence-corrected chi connectivity index (χ3v) is 6.02. The van der Waals surface area contributed by atoms with E-state index in [1.807, 2.05) is 6.92 Å². The Hall–Kier alpha value is -1.66. The molecule has 0 aromatic carbocycles. The van der Waals surface area contributed by atoms with Crippen LogP contribution in [0.4, 0.5) is 0 Å². The summed E-state index contributed by atoms with van der Waals surface area (Å²) in [6.45, 7) is 4.94. The number of hydrogen-bond acceptors (Lipinski definition) is 4. The highest BCUT2D eigenvalue weighted by Crippen LogP contribution is 2.26. The van der Waals surface area contributed by atoms with Crippen molar-refractivity contribution in [1.29, 1.82) is 0 Å². The van der Waals surface area contributed by atoms with Crippen molar-refractivity contribution in [2.24, 2.45) is 0 Å². The van der Waals surface area contributed by atoms with Crippen molar-refractivity contribution >= 4 is 27.3 Å². The highest BCUT2D eigenvalue weighted by Gasteiger charge is 2.24. The molecular weight excluding hydrogens is 336 g/mol. The monoisotopic (exact) mass is 362 g/mol. The first kappa shape index (κ1) is 18.1. The number of amides is 1. The van der Waals surface area contributed by atoms with E-state index in [1.165, 1.54) is 11.3 Å². The maximum atomic E-state index is 12.7. The predicted octanol–water partition coefficient (Wildman–Crippen LogP) is 3.76. The summed E-state index contributed by atoms with van der Waals surface area (Å²) in [5.41, 5.74) is 1.29. The van der Waals surface area contributed by atoms with Crippen molar-refractivity contribution in [3.8, 4) is 0 Å². The van der Waals surface area contributed by atoms with Crippen LogP contribution in [0.2, 0.25) is 0 Å². The van der Waals surface area contributed by atoms with Crippen LogP contribution in [0.3, 0.4) is 0 Å². The van der Waals surface area contributed by atoms with Crippen LogP contribution in [0.25, 0.3) is 10.1 Å². The molecule has 0 saturated heterocycles. The van der Waals surface area contributed by atoms with Crippen molar-refractivity contribution in [3.05, 3.63) is 33.1 Å². The predicted molar refractivity (Wildman–Crippen MR) is 102 cm³/mol. The molecule has 0 spiro atoms. The van der Waals surface area contributed by atoms with Crippen LogP contribution in [0.15, 0.2) is 16.4 Å². The molecular formula is C19H26N2O3S. The minimum atomic E-state index is -0.194. The van der Waals surface area contributed by atoms with Gasteiger partial charge in [0.25, 0.3) is 11.5 Å². The maximum absolute atomic E-state index is 12.7. The van der Waals surface area contributed by atoms with E-state index in [0.717, 1.165) is 55.4 Å². The van der Waals surface area contributed by atoms with Gasteiger partial charge in [0, 0.05) is 28.9 Å². The number of aromatic nitrogens is 1. The normalized spacial score (nSPS) is 20.7. The van der Waals surface area contributed by atoms with Gasteiger partial charge in [0.2, 0.25) is 0 Å². The van der Waals surface area contributed by atoms with Crippen LogP contribution in [-0.4, -0.2) is 29.6 Å². The van der Waals surface area contributed by atoms with Crippen molar-refractivity contribution in [1.82, 2.24) is 10.3 Å². The molecule has 0 unspecified atom stereocenters. The molecule has 2 aromatic heterocycles. The van der Waals surface area contributed by atoms with E-state index in [1.54, 1.807) is 11.6 Å². The van der Waals surface area contributed by atoms with Gasteiger partial charge in [-0.2, -0.15) is 0 Å². The third-order valence-electron chi connectivity index (χ3n) is 4.90. The highest BCUT2D eigenvalue weighted by molar-refractivity contribution is 7.17. The van der Waals surface area contributed by atoms with Crippen LogP contribution in [0.5, 0.6) is 0 Å². The molecule has 1 amide bonds. The number of fused-ring (bicyclic) bond motifs is 1. The zero-order chi connectivity index (χ0) is 17.8. The second kappa shape index (κ2) is 8.15. The summed E-state index contributed by atoms with van der Waals surface area (Å²) < 4.78 is 6.77. The number of aryl methyl sites for hydroxylation is 1. The van der Waals surface area contributed by atoms with E-state index in [4.69, 9.17) is 4.74 Å². The van der Waals surface area contributed by atoms with Crippen LogP contribution >= 0.6 is 11.3 Å². The Bertz CT molecular complexity index is 788. The lowest BCUT2D eigenvalue weighted by Crippen LogP contribution is -2.39. The topological polar surface area (TPSA) is 71.2 Å². The van der Waals surface area contributed by atoms with E-state index < -0.39 is 0 Å². The fraction of sp³-hybridized carbons (Fsp3) is 0.579. The number of hydrogen-bond donors (Lipinski definition) is 2. The molecule has 1 aliphatic carbocycles. The van der Waals surface area contributed by atoms with Gasteiger partial charge in [0.1, 0.15) is 0 Å². The van der Waals surface area contributed by atoms with Gasteiger partial charge in [0.05, 0.1) is 17.1 Å². The number of carbonyl (C=O) groups is 1. The summed E-state index contributed by atoms with van der Waals surface area (Å²) in [7, 11) is 0. The summed E-state index contributed by atoms with van der Waals surface area (Å²) in [4.78, 5) is 27.5. The van der Waals surface area contributed by atoms with Crippen LogP contribution in [0.1, 0.15) is 61.4 Å². The molecule has 3 rings (SSSR count). The minimum absolute atomic E-state index is 0.141. The Labute approximate surface area is 151 Å². The average molecular weight is 362 g/mol. The summed E-state index contributed by atoms with van der Waals surface area (Å²) in [5, 5.41) is 5.41. The molecule has 136 valence electrons. The van der Waals surface area contributed by atoms with E-state index in [-0.39, 0.29) is 17.5 Å². The van der Waals surface area contributed by atoms with E-state index in [0.29, 0.717) is 17.1 Å². The number of unbranched alkanes of at least 4 members (excludes halogenated alkanes) is 1. The van der Waals surface area contributed by atoms with Gasteiger partial charge in [-0.15, -0.1) is 11.3 Å². The molecule has 1 fully saturated rings. The van der Waals surface area contributed by atoms with E-state index in [2.05, 4.69) is 17.2 Å². The smallest absolute Gasteiger partial charge is 0.257 e. The number of H-pyrrole nitrogens is 1. The summed E-state index contributed by atoms with van der Waals surface area (Å²) >= 11 is 1.46. The molecule has 0 atom stereocenters. The minimum Gasteiger partial charge on any atom is -0.378 e. The first-order valence-corrected chi connectivity index (χ1v) is 10.00. The Morgan fingerprint density at radius 1 is 1.36 bits per heavy atom. The number of thiophene rings is 1. The molecule has 0 aliphatic heterocycles. The molecule has 5 nitrogen and oxygen atoms in total. The first-order chi connectivity index (χ1) is 12.1. The van der Waals surface area contributed by atoms with Gasteiger partial charge in [0.15, 0.2) is 0 Å². The first-order valence-electron chi connectivity index (χ1n) is 9.12. The van der Waals surface area contributed by atoms with Crippen LogP contribution in [0, 0.1) is 6.92 Å². The highest BCUT2D eigenvalue weighted by atomic mass is 32.1. The molecule has 2 heterocycles. The molecule has 25 heavy (non-hydrogen) atoms. The number of carbonyl (C=O) groups excluding carboxylic acids is 1. The number of pyridine rings is 1. The Balaban J connectivity index is 1.61. The SMILES string of the molecule is CCCCOC1CCC(NC(=O)c2csc3c(C)c[nH]c(=O)c23)CC1. The molecule has 1 saturated carbocycles. The average Bonchev–Trinajstić information content (AvgIpc) is 3.06. The standard InChI is InChI=1S/C19H26N2O3S/c1-3-4-9-24-14-7-5-13(6-8-14)21-18(22)15-11-25-17-12(2)10-20-19(23)16(15)17/h10-11,13-14H,3-9H2,1-2H3,(H,20,23)(H,21,22). The third kappa shape index (κ3) is 4.12. The van der Waals surface area contributed by atoms with Crippen LogP contribution < -0.4 is 10.9 Å². The maximum Gasteiger partial charge on any atom is 0.257 e. The summed E-state index contributed by atoms with van der Waals surface area (Å²) in [6.07, 6.45) is 8.11. The number of rotatable bonds is 6. The quantitative estimate of drug-likeness (QED) is 0.769. The summed E-state index contributed by atoms with van der Waals surface area (Å²) in [6, 6.07) is 0.164. The molecule has 0 bridgehead atoms. The van der Waals surface area contributed by atoms with Gasteiger partial charge in [-0.25, -0.2) is 0 Å². The van der Waals surface area contributed by atoms with Gasteiger partial charge in [-0.05, 0) is 44.6 Å². The number of ether oxygens (including phenoxy) is 1. The molecule has 1 aliphatic rings. The Kier molecular flexibility index (Phi) is 5.91. The Morgan fingerprint density at radius 2 is 2.12 bits per heavy atom. The van der Waals surface area contributed by atoms with Crippen molar-refractivity contribution in [2.45, 2.75) is 64.5 Å². The second-order valence-electron chi connectivity index (χ2n) is 6.83. The van der Waals surface area contributed by atoms with Gasteiger partial charge < -0.3 is 15.0 Å². The lowest BCUT2D eigenvalue weighted by atomic mass is 9.92. The zero-order valence-electron chi connectivity index (χ0n) is 14.9. The van der Waals surface area contributed by atoms with Crippen LogP contribution in [-0.2, 0) is 4.74 Å². The fourth-order valence-corrected chi connectivity index (χ4v) is 4.41. The lowest BCUT2D eigenvalue weighted by molar-refractivity contribution is 0.0209. The largest absolute Gasteiger partial charge is 0.378 e. The van der Waals surface area contributed by atoms with E-state index in [9.17, 15) is 9.59 Å². The zero-order valence-corrected chi connectivity index (χ0v) is 15.7. The van der Waals surface area contributed by atoms with Crippen molar-refractivity contribution < 1.29 is 9.53 Å². The van der Waals surface area contributed by atoms with Gasteiger partial charge in [-0.3, -0.25) is 9.59 Å². The molecule has 2 N–H and O–H groups in total. The van der Waals surface area contributed by atoms with Crippen molar-refractivity contribution in [3.63, 3.8) is 0 Å². The number of aromatic amines is 1. The molecule has 6 heteroatoms. The van der Waals surface area contributed by atoms with E-state index >= 15 is 0 Å². The van der Waals surface area contributed by atoms with Gasteiger partial charge in [-0.1, -0.05) is 13.3 Å². The lowest BCUT2D eigenvalue weighted by Gasteiger charge is -2.29. The van der Waals surface area contributed by atoms with Crippen molar-refractivity contribution in [2.75, 3.05) is 6.61 Å².